The molecule has 2 aromatic heterocycles. The summed E-state index contributed by atoms with van der Waals surface area (Å²) < 4.78 is 1.66. The van der Waals surface area contributed by atoms with Crippen molar-refractivity contribution in [3.63, 3.8) is 0 Å². The van der Waals surface area contributed by atoms with Crippen LogP contribution in [0.3, 0.4) is 0 Å². The van der Waals surface area contributed by atoms with Crippen molar-refractivity contribution in [2.45, 2.75) is 93.4 Å². The average Bonchev–Trinajstić information content (AvgIpc) is 3.50. The number of pyridine rings is 1. The number of nitriles is 1. The highest BCUT2D eigenvalue weighted by molar-refractivity contribution is 6.04. The molecule has 0 amide bonds. The summed E-state index contributed by atoms with van der Waals surface area (Å²) in [4.78, 5) is 52.0. The molecule has 5 aliphatic carbocycles. The first-order chi connectivity index (χ1) is 21.5. The highest BCUT2D eigenvalue weighted by atomic mass is 16.2. The molecule has 0 N–H and O–H groups in total. The van der Waals surface area contributed by atoms with Crippen molar-refractivity contribution in [1.29, 1.82) is 5.26 Å². The quantitative estimate of drug-likeness (QED) is 0.340. The summed E-state index contributed by atoms with van der Waals surface area (Å²) in [6, 6.07) is 7.86. The van der Waals surface area contributed by atoms with Gasteiger partial charge in [0.15, 0.2) is 11.6 Å². The number of imidazole rings is 1. The van der Waals surface area contributed by atoms with Crippen molar-refractivity contribution in [2.24, 2.45) is 50.2 Å². The van der Waals surface area contributed by atoms with Crippen LogP contribution < -0.4 is 0 Å². The largest absolute Gasteiger partial charge is 0.295 e. The second-order valence-electron chi connectivity index (χ2n) is 17.1. The van der Waals surface area contributed by atoms with Gasteiger partial charge in [0, 0.05) is 29.1 Å². The Morgan fingerprint density at radius 3 is 2.39 bits per heavy atom. The molecule has 2 heterocycles. The van der Waals surface area contributed by atoms with E-state index in [0.717, 1.165) is 56.2 Å². The summed E-state index contributed by atoms with van der Waals surface area (Å²) in [6.07, 6.45) is 14.7. The fraction of sp³-hybridized carbons (Fsp3) is 0.590. The molecule has 3 saturated carbocycles. The molecule has 0 saturated heterocycles. The van der Waals surface area contributed by atoms with Gasteiger partial charge in [-0.25, -0.2) is 4.98 Å². The van der Waals surface area contributed by atoms with Gasteiger partial charge in [-0.05, 0) is 91.2 Å². The molecule has 7 atom stereocenters. The monoisotopic (exact) mass is 618 g/mol. The predicted molar refractivity (Wildman–Crippen MR) is 175 cm³/mol. The van der Waals surface area contributed by atoms with Crippen molar-refractivity contribution in [3.8, 4) is 17.5 Å². The number of hydrogen-bond donors (Lipinski definition) is 0. The van der Waals surface area contributed by atoms with Crippen molar-refractivity contribution in [3.05, 3.63) is 60.2 Å². The minimum Gasteiger partial charge on any atom is -0.295 e. The second kappa shape index (κ2) is 9.69. The van der Waals surface area contributed by atoms with Gasteiger partial charge in [-0.3, -0.25) is 23.9 Å². The van der Waals surface area contributed by atoms with E-state index in [1.165, 1.54) is 0 Å². The molecule has 3 fully saturated rings. The van der Waals surface area contributed by atoms with Crippen LogP contribution in [0.15, 0.2) is 60.2 Å². The van der Waals surface area contributed by atoms with Crippen LogP contribution in [-0.4, -0.2) is 32.0 Å². The van der Waals surface area contributed by atoms with Crippen LogP contribution in [0.2, 0.25) is 0 Å². The van der Waals surface area contributed by atoms with E-state index in [0.29, 0.717) is 5.69 Å². The van der Waals surface area contributed by atoms with Crippen LogP contribution in [0, 0.1) is 61.6 Å². The number of allylic oxidation sites excluding steroid dienone is 4. The first-order valence-electron chi connectivity index (χ1n) is 17.0. The lowest BCUT2D eigenvalue weighted by molar-refractivity contribution is -0.164. The molecular formula is C39H46N4O3. The predicted octanol–water partition coefficient (Wildman–Crippen LogP) is 7.80. The van der Waals surface area contributed by atoms with Crippen LogP contribution in [-0.2, 0) is 9.59 Å². The number of aromatic nitrogens is 3. The Bertz CT molecular complexity index is 1770. The van der Waals surface area contributed by atoms with Gasteiger partial charge in [0.1, 0.15) is 18.1 Å². The molecule has 2 aromatic rings. The number of Topliss-reactive ketones (excluding diaryl/α,β-unsaturated/α-hetero) is 1. The van der Waals surface area contributed by atoms with Crippen LogP contribution in [0.25, 0.3) is 11.4 Å². The number of hydrogen-bond acceptors (Lipinski definition) is 6. The van der Waals surface area contributed by atoms with Crippen LogP contribution in [0.1, 0.15) is 98.2 Å². The summed E-state index contributed by atoms with van der Waals surface area (Å²) in [5.41, 5.74) is 0.0662. The van der Waals surface area contributed by atoms with Crippen molar-refractivity contribution < 1.29 is 14.4 Å². The van der Waals surface area contributed by atoms with E-state index in [1.54, 1.807) is 23.3 Å². The van der Waals surface area contributed by atoms with Gasteiger partial charge in [-0.2, -0.15) is 5.26 Å². The van der Waals surface area contributed by atoms with Crippen molar-refractivity contribution >= 4 is 17.5 Å². The Labute approximate surface area is 272 Å². The zero-order valence-electron chi connectivity index (χ0n) is 28.3. The van der Waals surface area contributed by atoms with Gasteiger partial charge in [0.25, 0.3) is 0 Å². The smallest absolute Gasteiger partial charge is 0.238 e. The van der Waals surface area contributed by atoms with Gasteiger partial charge in [0.2, 0.25) is 5.91 Å². The number of nitrogens with zero attached hydrogens (tertiary/aromatic N) is 4. The summed E-state index contributed by atoms with van der Waals surface area (Å²) in [5, 5.41) is 10.0. The van der Waals surface area contributed by atoms with Crippen molar-refractivity contribution in [1.82, 2.24) is 14.5 Å². The Kier molecular flexibility index (Phi) is 6.52. The first-order valence-corrected chi connectivity index (χ1v) is 17.0. The first kappa shape index (κ1) is 31.0. The number of carbonyl (C=O) groups is 3. The summed E-state index contributed by atoms with van der Waals surface area (Å²) in [7, 11) is 0. The zero-order chi connectivity index (χ0) is 33.1. The van der Waals surface area contributed by atoms with E-state index in [1.807, 2.05) is 44.2 Å². The maximum Gasteiger partial charge on any atom is 0.238 e. The number of rotatable bonds is 2. The molecule has 0 radical (unpaired) electrons. The second-order valence-corrected chi connectivity index (χ2v) is 17.1. The lowest BCUT2D eigenvalue weighted by atomic mass is 9.34. The number of ketones is 2. The Morgan fingerprint density at radius 1 is 0.957 bits per heavy atom. The molecular weight excluding hydrogens is 572 g/mol. The maximum atomic E-state index is 14.8. The number of carbonyl (C=O) groups excluding carboxylic acids is 3. The summed E-state index contributed by atoms with van der Waals surface area (Å²) in [5.74, 6) is -0.339. The van der Waals surface area contributed by atoms with Gasteiger partial charge in [0.05, 0.1) is 16.7 Å². The zero-order valence-corrected chi connectivity index (χ0v) is 28.3. The Morgan fingerprint density at radius 2 is 1.70 bits per heavy atom. The standard InChI is InChI=1S/C39H46N4O3/c1-34(2)13-15-39(33(46)43-22-27(42-23-43)26-10-8-9-17-41-26)16-14-38(7)31(25(39)20-34)28(44)18-30-36(5)19-24(21-40)32(45)35(3,4)29(36)11-12-37(30,38)6/h8-10,17-19,22-23,25,29,31H,11-16,20H2,1-7H3/t25?,29?,31-,36?,37?,38?,39?/m1/s1. The van der Waals surface area contributed by atoms with Crippen molar-refractivity contribution in [2.75, 3.05) is 0 Å². The average molecular weight is 619 g/mol. The third-order valence-corrected chi connectivity index (χ3v) is 14.0. The minimum absolute atomic E-state index is 0.00397. The highest BCUT2D eigenvalue weighted by Gasteiger charge is 2.71. The van der Waals surface area contributed by atoms with Gasteiger partial charge >= 0.3 is 0 Å². The molecule has 7 nitrogen and oxygen atoms in total. The molecule has 5 aliphatic rings. The summed E-state index contributed by atoms with van der Waals surface area (Å²) in [6.45, 7) is 15.3. The molecule has 240 valence electrons. The molecule has 7 heteroatoms. The van der Waals surface area contributed by atoms with Gasteiger partial charge in [-0.1, -0.05) is 66.2 Å². The topological polar surface area (TPSA) is 106 Å². The molecule has 0 bridgehead atoms. The molecule has 0 aromatic carbocycles. The third-order valence-electron chi connectivity index (χ3n) is 14.0. The van der Waals surface area contributed by atoms with E-state index >= 15 is 0 Å². The van der Waals surface area contributed by atoms with Crippen LogP contribution in [0.5, 0.6) is 0 Å². The van der Waals surface area contributed by atoms with E-state index in [9.17, 15) is 19.6 Å². The van der Waals surface area contributed by atoms with E-state index in [4.69, 9.17) is 0 Å². The van der Waals surface area contributed by atoms with E-state index < -0.39 is 16.2 Å². The molecule has 6 unspecified atom stereocenters. The normalized spacial score (nSPS) is 39.0. The highest BCUT2D eigenvalue weighted by Crippen LogP contribution is 2.74. The number of fused-ring (bicyclic) bond motifs is 7. The van der Waals surface area contributed by atoms with Gasteiger partial charge < -0.3 is 0 Å². The van der Waals surface area contributed by atoms with Gasteiger partial charge in [-0.15, -0.1) is 0 Å². The lowest BCUT2D eigenvalue weighted by Gasteiger charge is -2.69. The fourth-order valence-electron chi connectivity index (χ4n) is 11.3. The molecule has 46 heavy (non-hydrogen) atoms. The Balaban J connectivity index is 1.34. The molecule has 0 aliphatic heterocycles. The minimum atomic E-state index is -0.696. The summed E-state index contributed by atoms with van der Waals surface area (Å²) >= 11 is 0. The molecule has 0 spiro atoms. The third kappa shape index (κ3) is 3.91. The SMILES string of the molecule is CC1(C)CCC2(C(=O)n3cnc(-c4ccccn4)c3)CCC3(C)[C@@H](C(=O)C=C4C5(C)C=C(C#N)C(=O)C(C)(C)C5CCC43C)C2C1. The van der Waals surface area contributed by atoms with E-state index in [2.05, 4.69) is 50.7 Å². The molecule has 7 rings (SSSR count). The fourth-order valence-corrected chi connectivity index (χ4v) is 11.3. The maximum absolute atomic E-state index is 14.8. The Hall–Kier alpha value is -3.66. The van der Waals surface area contributed by atoms with E-state index in [-0.39, 0.29) is 57.0 Å². The van der Waals surface area contributed by atoms with Crippen LogP contribution >= 0.6 is 0 Å². The van der Waals surface area contributed by atoms with Crippen LogP contribution in [0.4, 0.5) is 0 Å². The lowest BCUT2D eigenvalue weighted by Crippen LogP contribution is -2.66.